The molecule has 1 aromatic rings. The second-order valence-electron chi connectivity index (χ2n) is 2.41. The Morgan fingerprint density at radius 1 is 1.58 bits per heavy atom. The topological polar surface area (TPSA) is 54.9 Å². The molecule has 5 heteroatoms. The highest BCUT2D eigenvalue weighted by Gasteiger charge is 2.00. The summed E-state index contributed by atoms with van der Waals surface area (Å²) < 4.78 is 1.12. The van der Waals surface area contributed by atoms with Crippen LogP contribution in [0.25, 0.3) is 0 Å². The smallest absolute Gasteiger partial charge is 0.298 e. The Labute approximate surface area is 73.8 Å². The zero-order valence-corrected chi connectivity index (χ0v) is 7.39. The summed E-state index contributed by atoms with van der Waals surface area (Å²) in [7, 11) is 0. The lowest BCUT2D eigenvalue weighted by atomic mass is 10.5. The van der Waals surface area contributed by atoms with E-state index in [9.17, 15) is 9.59 Å². The van der Waals surface area contributed by atoms with Crippen LogP contribution in [0.2, 0.25) is 5.15 Å². The van der Waals surface area contributed by atoms with Gasteiger partial charge in [0.2, 0.25) is 0 Å². The number of rotatable bonds is 2. The van der Waals surface area contributed by atoms with Gasteiger partial charge in [0, 0.05) is 12.6 Å². The third kappa shape index (κ3) is 1.76. The maximum Gasteiger partial charge on any atom is 0.329 e. The normalized spacial score (nSPS) is 10.2. The van der Waals surface area contributed by atoms with Crippen molar-refractivity contribution >= 4 is 11.6 Å². The molecule has 0 aliphatic heterocycles. The largest absolute Gasteiger partial charge is 0.329 e. The highest BCUT2D eigenvalue weighted by molar-refractivity contribution is 6.29. The van der Waals surface area contributed by atoms with Gasteiger partial charge in [0.15, 0.2) is 0 Å². The van der Waals surface area contributed by atoms with Gasteiger partial charge < -0.3 is 0 Å². The van der Waals surface area contributed by atoms with Crippen LogP contribution in [0.15, 0.2) is 15.7 Å². The van der Waals surface area contributed by atoms with Gasteiger partial charge in [0.25, 0.3) is 5.56 Å². The fourth-order valence-electron chi connectivity index (χ4n) is 0.927. The molecule has 0 saturated heterocycles. The van der Waals surface area contributed by atoms with E-state index in [1.807, 2.05) is 6.92 Å². The first-order chi connectivity index (χ1) is 5.65. The summed E-state index contributed by atoms with van der Waals surface area (Å²) >= 11 is 5.45. The second kappa shape index (κ2) is 3.58. The minimum absolute atomic E-state index is 0.0809. The SMILES string of the molecule is CCCn1c(=O)cc(Cl)[nH]c1=O. The van der Waals surface area contributed by atoms with Gasteiger partial charge in [-0.15, -0.1) is 0 Å². The maximum atomic E-state index is 11.1. The monoisotopic (exact) mass is 188 g/mol. The van der Waals surface area contributed by atoms with E-state index >= 15 is 0 Å². The van der Waals surface area contributed by atoms with Crippen molar-refractivity contribution in [2.75, 3.05) is 0 Å². The van der Waals surface area contributed by atoms with Crippen LogP contribution >= 0.6 is 11.6 Å². The van der Waals surface area contributed by atoms with Crippen molar-refractivity contribution < 1.29 is 0 Å². The Hall–Kier alpha value is -1.03. The first kappa shape index (κ1) is 9.06. The van der Waals surface area contributed by atoms with Crippen LogP contribution in [0, 0.1) is 0 Å². The van der Waals surface area contributed by atoms with E-state index in [0.717, 1.165) is 11.0 Å². The molecule has 66 valence electrons. The number of nitrogens with zero attached hydrogens (tertiary/aromatic N) is 1. The van der Waals surface area contributed by atoms with Gasteiger partial charge in [0.1, 0.15) is 5.15 Å². The predicted octanol–water partition coefficient (Wildman–Crippen LogP) is 0.600. The molecule has 0 amide bonds. The highest BCUT2D eigenvalue weighted by atomic mass is 35.5. The van der Waals surface area contributed by atoms with Gasteiger partial charge in [-0.05, 0) is 6.42 Å². The van der Waals surface area contributed by atoms with Crippen LogP contribution in [-0.4, -0.2) is 9.55 Å². The van der Waals surface area contributed by atoms with E-state index in [1.165, 1.54) is 6.07 Å². The van der Waals surface area contributed by atoms with Crippen LogP contribution < -0.4 is 11.2 Å². The van der Waals surface area contributed by atoms with E-state index in [4.69, 9.17) is 11.6 Å². The van der Waals surface area contributed by atoms with E-state index in [-0.39, 0.29) is 10.7 Å². The molecule has 0 aliphatic rings. The Morgan fingerprint density at radius 2 is 2.25 bits per heavy atom. The van der Waals surface area contributed by atoms with Crippen molar-refractivity contribution in [2.24, 2.45) is 0 Å². The number of aromatic nitrogens is 2. The molecule has 0 fully saturated rings. The number of hydrogen-bond acceptors (Lipinski definition) is 2. The summed E-state index contributed by atoms with van der Waals surface area (Å²) in [6.07, 6.45) is 0.741. The molecule has 12 heavy (non-hydrogen) atoms. The third-order valence-corrected chi connectivity index (χ3v) is 1.64. The van der Waals surface area contributed by atoms with Crippen molar-refractivity contribution in [1.82, 2.24) is 9.55 Å². The number of H-pyrrole nitrogens is 1. The lowest BCUT2D eigenvalue weighted by Gasteiger charge is -2.00. The molecule has 4 nitrogen and oxygen atoms in total. The van der Waals surface area contributed by atoms with Gasteiger partial charge in [-0.1, -0.05) is 18.5 Å². The fraction of sp³-hybridized carbons (Fsp3) is 0.429. The molecule has 0 unspecified atom stereocenters. The van der Waals surface area contributed by atoms with Gasteiger partial charge in [-0.2, -0.15) is 0 Å². The summed E-state index contributed by atoms with van der Waals surface area (Å²) in [4.78, 5) is 24.5. The highest BCUT2D eigenvalue weighted by Crippen LogP contribution is 1.93. The van der Waals surface area contributed by atoms with Crippen LogP contribution in [0.3, 0.4) is 0 Å². The summed E-state index contributed by atoms with van der Waals surface area (Å²) in [6, 6.07) is 1.19. The van der Waals surface area contributed by atoms with E-state index in [0.29, 0.717) is 6.54 Å². The molecule has 1 aromatic heterocycles. The third-order valence-electron chi connectivity index (χ3n) is 1.43. The lowest BCUT2D eigenvalue weighted by Crippen LogP contribution is -2.34. The molecule has 1 heterocycles. The molecular weight excluding hydrogens is 180 g/mol. The summed E-state index contributed by atoms with van der Waals surface area (Å²) in [5, 5.41) is 0.0809. The number of aromatic amines is 1. The standard InChI is InChI=1S/C7H9ClN2O2/c1-2-3-10-6(11)4-5(8)9-7(10)12/h4H,2-3H2,1H3,(H,9,12). The summed E-state index contributed by atoms with van der Waals surface area (Å²) in [5.41, 5.74) is -0.806. The van der Waals surface area contributed by atoms with Crippen LogP contribution in [-0.2, 0) is 6.54 Å². The zero-order chi connectivity index (χ0) is 9.14. The number of hydrogen-bond donors (Lipinski definition) is 1. The summed E-state index contributed by atoms with van der Waals surface area (Å²) in [5.74, 6) is 0. The Bertz CT molecular complexity index is 348. The van der Waals surface area contributed by atoms with Crippen molar-refractivity contribution in [1.29, 1.82) is 0 Å². The molecule has 0 spiro atoms. The molecular formula is C7H9ClN2O2. The molecule has 0 radical (unpaired) electrons. The molecule has 1 rings (SSSR count). The Balaban J connectivity index is 3.29. The van der Waals surface area contributed by atoms with Gasteiger partial charge in [-0.25, -0.2) is 4.79 Å². The molecule has 0 atom stereocenters. The van der Waals surface area contributed by atoms with Crippen LogP contribution in [0.5, 0.6) is 0 Å². The first-order valence-corrected chi connectivity index (χ1v) is 4.02. The van der Waals surface area contributed by atoms with E-state index in [1.54, 1.807) is 0 Å². The minimum atomic E-state index is -0.450. The average Bonchev–Trinajstić information content (AvgIpc) is 1.96. The minimum Gasteiger partial charge on any atom is -0.298 e. The van der Waals surface area contributed by atoms with Crippen LogP contribution in [0.4, 0.5) is 0 Å². The predicted molar refractivity (Wildman–Crippen MR) is 46.6 cm³/mol. The Morgan fingerprint density at radius 3 is 2.75 bits per heavy atom. The average molecular weight is 189 g/mol. The molecule has 0 aliphatic carbocycles. The number of halogens is 1. The van der Waals surface area contributed by atoms with Crippen molar-refractivity contribution in [3.8, 4) is 0 Å². The molecule has 0 saturated carbocycles. The molecule has 0 aromatic carbocycles. The van der Waals surface area contributed by atoms with Gasteiger partial charge in [-0.3, -0.25) is 14.3 Å². The van der Waals surface area contributed by atoms with Crippen LogP contribution in [0.1, 0.15) is 13.3 Å². The maximum absolute atomic E-state index is 11.1. The fourth-order valence-corrected chi connectivity index (χ4v) is 1.10. The zero-order valence-electron chi connectivity index (χ0n) is 6.63. The second-order valence-corrected chi connectivity index (χ2v) is 2.82. The van der Waals surface area contributed by atoms with E-state index < -0.39 is 5.69 Å². The van der Waals surface area contributed by atoms with Crippen molar-refractivity contribution in [3.05, 3.63) is 32.1 Å². The summed E-state index contributed by atoms with van der Waals surface area (Å²) in [6.45, 7) is 2.31. The quantitative estimate of drug-likeness (QED) is 0.691. The van der Waals surface area contributed by atoms with Gasteiger partial charge >= 0.3 is 5.69 Å². The number of nitrogens with one attached hydrogen (secondary N) is 1. The van der Waals surface area contributed by atoms with Gasteiger partial charge in [0.05, 0.1) is 0 Å². The van der Waals surface area contributed by atoms with Crippen molar-refractivity contribution in [2.45, 2.75) is 19.9 Å². The molecule has 1 N–H and O–H groups in total. The Kier molecular flexibility index (Phi) is 2.70. The lowest BCUT2D eigenvalue weighted by molar-refractivity contribution is 0.615. The first-order valence-electron chi connectivity index (χ1n) is 3.65. The van der Waals surface area contributed by atoms with Crippen molar-refractivity contribution in [3.63, 3.8) is 0 Å². The van der Waals surface area contributed by atoms with E-state index in [2.05, 4.69) is 4.98 Å². The molecule has 0 bridgehead atoms.